The molecule has 4 heteroatoms. The van der Waals surface area contributed by atoms with Crippen LogP contribution in [-0.2, 0) is 9.59 Å². The van der Waals surface area contributed by atoms with Gasteiger partial charge in [0.1, 0.15) is 0 Å². The summed E-state index contributed by atoms with van der Waals surface area (Å²) in [6, 6.07) is 0. The summed E-state index contributed by atoms with van der Waals surface area (Å²) in [5.41, 5.74) is 0.853. The number of amides is 2. The predicted octanol–water partition coefficient (Wildman–Crippen LogP) is -0.0890. The minimum Gasteiger partial charge on any atom is -0.316 e. The van der Waals surface area contributed by atoms with Gasteiger partial charge in [0.15, 0.2) is 0 Å². The third-order valence-electron chi connectivity index (χ3n) is 1.96. The number of rotatable bonds is 4. The van der Waals surface area contributed by atoms with E-state index in [1.54, 1.807) is 7.05 Å². The van der Waals surface area contributed by atoms with E-state index < -0.39 is 0 Å². The summed E-state index contributed by atoms with van der Waals surface area (Å²) in [5.74, 6) is -0.162. The number of likely N-dealkylation sites (N-methyl/N-ethyl adjacent to an activating group) is 1. The summed E-state index contributed by atoms with van der Waals surface area (Å²) < 4.78 is 0. The highest BCUT2D eigenvalue weighted by Gasteiger charge is 2.28. The third kappa shape index (κ3) is 2.39. The average Bonchev–Trinajstić information content (AvgIpc) is 2.36. The summed E-state index contributed by atoms with van der Waals surface area (Å²) in [5, 5.41) is 2.92. The number of likely N-dealkylation sites (tertiary alicyclic amines) is 1. The first-order chi connectivity index (χ1) is 6.15. The standard InChI is InChI=1S/C9H14N2O2/c1-7(5-10-2)6-11-8(12)3-4-9(11)13/h10H,1,3-6H2,2H3. The number of carbonyl (C=O) groups is 2. The zero-order valence-corrected chi connectivity index (χ0v) is 7.80. The van der Waals surface area contributed by atoms with E-state index >= 15 is 0 Å². The number of nitrogens with zero attached hydrogens (tertiary/aromatic N) is 1. The van der Waals surface area contributed by atoms with E-state index in [4.69, 9.17) is 0 Å². The van der Waals surface area contributed by atoms with Crippen molar-refractivity contribution in [3.05, 3.63) is 12.2 Å². The SMILES string of the molecule is C=C(CNC)CN1C(=O)CCC1=O. The Balaban J connectivity index is 2.48. The first kappa shape index (κ1) is 9.92. The van der Waals surface area contributed by atoms with Crippen LogP contribution in [0.4, 0.5) is 0 Å². The quantitative estimate of drug-likeness (QED) is 0.488. The highest BCUT2D eigenvalue weighted by atomic mass is 16.2. The predicted molar refractivity (Wildman–Crippen MR) is 49.0 cm³/mol. The van der Waals surface area contributed by atoms with E-state index in [0.717, 1.165) is 5.57 Å². The van der Waals surface area contributed by atoms with E-state index in [0.29, 0.717) is 25.9 Å². The highest BCUT2D eigenvalue weighted by molar-refractivity contribution is 6.02. The van der Waals surface area contributed by atoms with Crippen molar-refractivity contribution in [3.63, 3.8) is 0 Å². The number of hydrogen-bond donors (Lipinski definition) is 1. The zero-order valence-electron chi connectivity index (χ0n) is 7.80. The molecule has 0 aromatic rings. The van der Waals surface area contributed by atoms with Gasteiger partial charge in [-0.2, -0.15) is 0 Å². The van der Waals surface area contributed by atoms with Gasteiger partial charge in [-0.05, 0) is 12.6 Å². The fourth-order valence-corrected chi connectivity index (χ4v) is 1.33. The van der Waals surface area contributed by atoms with E-state index in [2.05, 4.69) is 11.9 Å². The lowest BCUT2D eigenvalue weighted by Crippen LogP contribution is -2.32. The van der Waals surface area contributed by atoms with Crippen LogP contribution in [0, 0.1) is 0 Å². The first-order valence-corrected chi connectivity index (χ1v) is 4.29. The molecule has 0 bridgehead atoms. The summed E-state index contributed by atoms with van der Waals surface area (Å²) in [6.45, 7) is 4.76. The molecule has 1 rings (SSSR count). The Bertz CT molecular complexity index is 232. The Morgan fingerprint density at radius 1 is 1.46 bits per heavy atom. The molecule has 13 heavy (non-hydrogen) atoms. The molecule has 1 aliphatic heterocycles. The molecule has 0 saturated carbocycles. The smallest absolute Gasteiger partial charge is 0.229 e. The zero-order chi connectivity index (χ0) is 9.84. The summed E-state index contributed by atoms with van der Waals surface area (Å²) >= 11 is 0. The first-order valence-electron chi connectivity index (χ1n) is 4.29. The Kier molecular flexibility index (Phi) is 3.19. The van der Waals surface area contributed by atoms with Crippen LogP contribution in [0.15, 0.2) is 12.2 Å². The summed E-state index contributed by atoms with van der Waals surface area (Å²) in [4.78, 5) is 23.6. The maximum Gasteiger partial charge on any atom is 0.229 e. The summed E-state index contributed by atoms with van der Waals surface area (Å²) in [7, 11) is 1.80. The molecule has 1 heterocycles. The molecule has 1 aliphatic rings. The lowest BCUT2D eigenvalue weighted by atomic mass is 10.3. The van der Waals surface area contributed by atoms with Crippen molar-refractivity contribution >= 4 is 11.8 Å². The largest absolute Gasteiger partial charge is 0.316 e. The summed E-state index contributed by atoms with van der Waals surface area (Å²) in [6.07, 6.45) is 0.706. The van der Waals surface area contributed by atoms with Crippen molar-refractivity contribution < 1.29 is 9.59 Å². The molecule has 72 valence electrons. The van der Waals surface area contributed by atoms with Crippen LogP contribution in [0.2, 0.25) is 0 Å². The van der Waals surface area contributed by atoms with Crippen LogP contribution in [0.3, 0.4) is 0 Å². The maximum atomic E-state index is 11.2. The molecule has 1 saturated heterocycles. The van der Waals surface area contributed by atoms with Crippen molar-refractivity contribution in [1.82, 2.24) is 10.2 Å². The maximum absolute atomic E-state index is 11.2. The molecule has 2 amide bonds. The van der Waals surface area contributed by atoms with Crippen LogP contribution in [0.5, 0.6) is 0 Å². The Labute approximate surface area is 77.6 Å². The van der Waals surface area contributed by atoms with Crippen molar-refractivity contribution in [2.75, 3.05) is 20.1 Å². The fourth-order valence-electron chi connectivity index (χ4n) is 1.33. The van der Waals surface area contributed by atoms with Gasteiger partial charge in [-0.1, -0.05) is 6.58 Å². The molecule has 0 unspecified atom stereocenters. The van der Waals surface area contributed by atoms with Crippen LogP contribution >= 0.6 is 0 Å². The molecule has 0 atom stereocenters. The Morgan fingerprint density at radius 3 is 2.46 bits per heavy atom. The molecular weight excluding hydrogens is 168 g/mol. The monoisotopic (exact) mass is 182 g/mol. The molecule has 0 spiro atoms. The van der Waals surface area contributed by atoms with Crippen LogP contribution in [-0.4, -0.2) is 36.9 Å². The molecule has 0 aliphatic carbocycles. The second kappa shape index (κ2) is 4.18. The normalized spacial score (nSPS) is 16.8. The molecule has 4 nitrogen and oxygen atoms in total. The van der Waals surface area contributed by atoms with Crippen molar-refractivity contribution in [3.8, 4) is 0 Å². The highest BCUT2D eigenvalue weighted by Crippen LogP contribution is 2.12. The Morgan fingerprint density at radius 2 is 2.00 bits per heavy atom. The minimum atomic E-state index is -0.0812. The second-order valence-corrected chi connectivity index (χ2v) is 3.15. The molecule has 1 N–H and O–H groups in total. The van der Waals surface area contributed by atoms with E-state index in [1.807, 2.05) is 0 Å². The molecule has 0 aromatic heterocycles. The van der Waals surface area contributed by atoms with Crippen LogP contribution in [0.1, 0.15) is 12.8 Å². The number of imide groups is 1. The van der Waals surface area contributed by atoms with Crippen LogP contribution in [0.25, 0.3) is 0 Å². The number of nitrogens with one attached hydrogen (secondary N) is 1. The van der Waals surface area contributed by atoms with Gasteiger partial charge >= 0.3 is 0 Å². The van der Waals surface area contributed by atoms with Gasteiger partial charge in [-0.15, -0.1) is 0 Å². The lowest BCUT2D eigenvalue weighted by molar-refractivity contribution is -0.137. The van der Waals surface area contributed by atoms with Gasteiger partial charge in [0, 0.05) is 19.4 Å². The van der Waals surface area contributed by atoms with Gasteiger partial charge in [0.25, 0.3) is 0 Å². The second-order valence-electron chi connectivity index (χ2n) is 3.15. The van der Waals surface area contributed by atoms with Gasteiger partial charge < -0.3 is 5.32 Å². The average molecular weight is 182 g/mol. The van der Waals surface area contributed by atoms with Crippen molar-refractivity contribution in [1.29, 1.82) is 0 Å². The van der Waals surface area contributed by atoms with E-state index in [-0.39, 0.29) is 11.8 Å². The lowest BCUT2D eigenvalue weighted by Gasteiger charge is -2.14. The van der Waals surface area contributed by atoms with Crippen molar-refractivity contribution in [2.45, 2.75) is 12.8 Å². The van der Waals surface area contributed by atoms with Crippen molar-refractivity contribution in [2.24, 2.45) is 0 Å². The van der Waals surface area contributed by atoms with Gasteiger partial charge in [-0.3, -0.25) is 14.5 Å². The number of hydrogen-bond acceptors (Lipinski definition) is 3. The van der Waals surface area contributed by atoms with Gasteiger partial charge in [0.05, 0.1) is 6.54 Å². The Hall–Kier alpha value is -1.16. The van der Waals surface area contributed by atoms with Gasteiger partial charge in [0.2, 0.25) is 11.8 Å². The van der Waals surface area contributed by atoms with Gasteiger partial charge in [-0.25, -0.2) is 0 Å². The molecule has 1 fully saturated rings. The third-order valence-corrected chi connectivity index (χ3v) is 1.96. The molecular formula is C9H14N2O2. The minimum absolute atomic E-state index is 0.0812. The number of carbonyl (C=O) groups excluding carboxylic acids is 2. The van der Waals surface area contributed by atoms with E-state index in [1.165, 1.54) is 4.90 Å². The fraction of sp³-hybridized carbons (Fsp3) is 0.556. The molecule has 0 radical (unpaired) electrons. The topological polar surface area (TPSA) is 49.4 Å². The van der Waals surface area contributed by atoms with E-state index in [9.17, 15) is 9.59 Å². The van der Waals surface area contributed by atoms with Crippen LogP contribution < -0.4 is 5.32 Å². The molecule has 0 aromatic carbocycles.